The summed E-state index contributed by atoms with van der Waals surface area (Å²) in [5, 5.41) is 2.95. The average Bonchev–Trinajstić information content (AvgIpc) is 2.77. The summed E-state index contributed by atoms with van der Waals surface area (Å²) in [6.45, 7) is 1.52. The van der Waals surface area contributed by atoms with Crippen molar-refractivity contribution in [1.29, 1.82) is 0 Å². The standard InChI is InChI=1S/C23H24N4O/c28-22(24-14-6-10-18-8-2-1-3-9-18)20-16-25-23(26-17-20)27-15-7-12-19-11-4-5-13-21(19)27/h1-5,8-9,11,13,16-17H,6-7,10,12,14-15H2,(H,24,28). The molecule has 3 aromatic rings. The van der Waals surface area contributed by atoms with Gasteiger partial charge in [0.05, 0.1) is 5.56 Å². The number of nitrogens with one attached hydrogen (secondary N) is 1. The number of carbonyl (C=O) groups excluding carboxylic acids is 1. The molecule has 1 aromatic heterocycles. The van der Waals surface area contributed by atoms with Gasteiger partial charge in [-0.2, -0.15) is 0 Å². The van der Waals surface area contributed by atoms with Gasteiger partial charge < -0.3 is 10.2 Å². The lowest BCUT2D eigenvalue weighted by molar-refractivity contribution is 0.0952. The second-order valence-corrected chi connectivity index (χ2v) is 7.00. The number of hydrogen-bond donors (Lipinski definition) is 1. The van der Waals surface area contributed by atoms with Crippen LogP contribution in [0.2, 0.25) is 0 Å². The maximum atomic E-state index is 12.3. The molecule has 0 bridgehead atoms. The molecule has 0 radical (unpaired) electrons. The first kappa shape index (κ1) is 18.2. The summed E-state index contributed by atoms with van der Waals surface area (Å²) in [4.78, 5) is 23.4. The van der Waals surface area contributed by atoms with E-state index in [2.05, 4.69) is 50.5 Å². The number of amides is 1. The van der Waals surface area contributed by atoms with Crippen molar-refractivity contribution in [1.82, 2.24) is 15.3 Å². The van der Waals surface area contributed by atoms with Crippen molar-refractivity contribution < 1.29 is 4.79 Å². The van der Waals surface area contributed by atoms with Crippen LogP contribution in [0.25, 0.3) is 0 Å². The van der Waals surface area contributed by atoms with Gasteiger partial charge in [0.2, 0.25) is 5.95 Å². The summed E-state index contributed by atoms with van der Waals surface area (Å²) in [6, 6.07) is 18.6. The Kier molecular flexibility index (Phi) is 5.61. The number of anilines is 2. The van der Waals surface area contributed by atoms with Crippen LogP contribution >= 0.6 is 0 Å². The quantitative estimate of drug-likeness (QED) is 0.666. The van der Waals surface area contributed by atoms with Crippen molar-refractivity contribution in [2.45, 2.75) is 25.7 Å². The molecular formula is C23H24N4O. The molecule has 0 aliphatic carbocycles. The minimum atomic E-state index is -0.126. The SMILES string of the molecule is O=C(NCCCc1ccccc1)c1cnc(N2CCCc3ccccc32)nc1. The monoisotopic (exact) mass is 372 g/mol. The molecule has 1 amide bonds. The third kappa shape index (κ3) is 4.19. The highest BCUT2D eigenvalue weighted by atomic mass is 16.1. The van der Waals surface area contributed by atoms with E-state index in [4.69, 9.17) is 0 Å². The van der Waals surface area contributed by atoms with E-state index >= 15 is 0 Å². The minimum absolute atomic E-state index is 0.126. The van der Waals surface area contributed by atoms with Gasteiger partial charge in [0.1, 0.15) is 0 Å². The lowest BCUT2D eigenvalue weighted by atomic mass is 10.0. The van der Waals surface area contributed by atoms with Crippen LogP contribution in [0.5, 0.6) is 0 Å². The molecule has 142 valence electrons. The Morgan fingerprint density at radius 1 is 1.00 bits per heavy atom. The zero-order valence-corrected chi connectivity index (χ0v) is 15.8. The fourth-order valence-corrected chi connectivity index (χ4v) is 3.56. The summed E-state index contributed by atoms with van der Waals surface area (Å²) in [5.41, 5.74) is 4.25. The lowest BCUT2D eigenvalue weighted by Crippen LogP contribution is -2.27. The predicted molar refractivity (Wildman–Crippen MR) is 111 cm³/mol. The molecule has 0 saturated carbocycles. The highest BCUT2D eigenvalue weighted by molar-refractivity contribution is 5.93. The summed E-state index contributed by atoms with van der Waals surface area (Å²) in [6.07, 6.45) is 7.24. The zero-order chi connectivity index (χ0) is 19.2. The van der Waals surface area contributed by atoms with Gasteiger partial charge in [0.15, 0.2) is 0 Å². The molecule has 0 fully saturated rings. The highest BCUT2D eigenvalue weighted by Crippen LogP contribution is 2.30. The molecule has 4 rings (SSSR count). The van der Waals surface area contributed by atoms with Crippen LogP contribution in [0.15, 0.2) is 67.0 Å². The Hall–Kier alpha value is -3.21. The van der Waals surface area contributed by atoms with Gasteiger partial charge in [-0.15, -0.1) is 0 Å². The first-order valence-electron chi connectivity index (χ1n) is 9.81. The van der Waals surface area contributed by atoms with Gasteiger partial charge in [-0.05, 0) is 42.9 Å². The first-order valence-corrected chi connectivity index (χ1v) is 9.81. The number of fused-ring (bicyclic) bond motifs is 1. The van der Waals surface area contributed by atoms with Crippen LogP contribution in [0.3, 0.4) is 0 Å². The van der Waals surface area contributed by atoms with Crippen molar-refractivity contribution in [3.05, 3.63) is 83.7 Å². The topological polar surface area (TPSA) is 58.1 Å². The van der Waals surface area contributed by atoms with Gasteiger partial charge >= 0.3 is 0 Å². The van der Waals surface area contributed by atoms with Gasteiger partial charge in [0, 0.05) is 31.2 Å². The fraction of sp³-hybridized carbons (Fsp3) is 0.261. The van der Waals surface area contributed by atoms with E-state index in [0.717, 1.165) is 37.9 Å². The van der Waals surface area contributed by atoms with Crippen LogP contribution in [0.4, 0.5) is 11.6 Å². The normalized spacial score (nSPS) is 13.1. The van der Waals surface area contributed by atoms with Crippen LogP contribution < -0.4 is 10.2 Å². The number of hydrogen-bond acceptors (Lipinski definition) is 4. The molecule has 0 unspecified atom stereocenters. The molecule has 1 aliphatic heterocycles. The minimum Gasteiger partial charge on any atom is -0.352 e. The van der Waals surface area contributed by atoms with Crippen LogP contribution in [-0.2, 0) is 12.8 Å². The third-order valence-electron chi connectivity index (χ3n) is 5.02. The average molecular weight is 372 g/mol. The number of rotatable bonds is 6. The summed E-state index contributed by atoms with van der Waals surface area (Å²) >= 11 is 0. The molecule has 0 saturated heterocycles. The molecule has 28 heavy (non-hydrogen) atoms. The predicted octanol–water partition coefficient (Wildman–Crippen LogP) is 3.92. The van der Waals surface area contributed by atoms with E-state index in [-0.39, 0.29) is 5.91 Å². The number of para-hydroxylation sites is 1. The smallest absolute Gasteiger partial charge is 0.254 e. The number of benzene rings is 2. The van der Waals surface area contributed by atoms with E-state index in [1.807, 2.05) is 24.3 Å². The molecule has 1 N–H and O–H groups in total. The molecule has 0 spiro atoms. The Morgan fingerprint density at radius 3 is 2.57 bits per heavy atom. The number of carbonyl (C=O) groups is 1. The van der Waals surface area contributed by atoms with E-state index < -0.39 is 0 Å². The third-order valence-corrected chi connectivity index (χ3v) is 5.02. The summed E-state index contributed by atoms with van der Waals surface area (Å²) < 4.78 is 0. The molecule has 5 nitrogen and oxygen atoms in total. The number of nitrogens with zero attached hydrogens (tertiary/aromatic N) is 3. The van der Waals surface area contributed by atoms with Crippen LogP contribution in [0, 0.1) is 0 Å². The maximum Gasteiger partial charge on any atom is 0.254 e. The van der Waals surface area contributed by atoms with Crippen molar-refractivity contribution in [3.8, 4) is 0 Å². The highest BCUT2D eigenvalue weighted by Gasteiger charge is 2.20. The van der Waals surface area contributed by atoms with Gasteiger partial charge in [-0.1, -0.05) is 48.5 Å². The van der Waals surface area contributed by atoms with Gasteiger partial charge in [-0.3, -0.25) is 4.79 Å². The zero-order valence-electron chi connectivity index (χ0n) is 15.8. The van der Waals surface area contributed by atoms with Crippen molar-refractivity contribution >= 4 is 17.5 Å². The molecule has 2 heterocycles. The largest absolute Gasteiger partial charge is 0.352 e. The molecule has 0 atom stereocenters. The Morgan fingerprint density at radius 2 is 1.75 bits per heavy atom. The molecule has 2 aromatic carbocycles. The van der Waals surface area contributed by atoms with Gasteiger partial charge in [-0.25, -0.2) is 9.97 Å². The molecular weight excluding hydrogens is 348 g/mol. The molecule has 5 heteroatoms. The fourth-order valence-electron chi connectivity index (χ4n) is 3.56. The Labute approximate surface area is 165 Å². The lowest BCUT2D eigenvalue weighted by Gasteiger charge is -2.29. The van der Waals surface area contributed by atoms with Gasteiger partial charge in [0.25, 0.3) is 5.91 Å². The number of aryl methyl sites for hydroxylation is 2. The van der Waals surface area contributed by atoms with E-state index in [1.165, 1.54) is 11.1 Å². The van der Waals surface area contributed by atoms with E-state index in [1.54, 1.807) is 12.4 Å². The van der Waals surface area contributed by atoms with Crippen molar-refractivity contribution in [2.75, 3.05) is 18.0 Å². The van der Waals surface area contributed by atoms with E-state index in [0.29, 0.717) is 18.1 Å². The number of aromatic nitrogens is 2. The van der Waals surface area contributed by atoms with Crippen molar-refractivity contribution in [2.24, 2.45) is 0 Å². The summed E-state index contributed by atoms with van der Waals surface area (Å²) in [7, 11) is 0. The maximum absolute atomic E-state index is 12.3. The second kappa shape index (κ2) is 8.65. The summed E-state index contributed by atoms with van der Waals surface area (Å²) in [5.74, 6) is 0.520. The first-order chi connectivity index (χ1) is 13.8. The Balaban J connectivity index is 1.34. The van der Waals surface area contributed by atoms with Crippen LogP contribution in [0.1, 0.15) is 34.3 Å². The van der Waals surface area contributed by atoms with E-state index in [9.17, 15) is 4.79 Å². The molecule has 1 aliphatic rings. The Bertz CT molecular complexity index is 925. The van der Waals surface area contributed by atoms with Crippen molar-refractivity contribution in [3.63, 3.8) is 0 Å². The second-order valence-electron chi connectivity index (χ2n) is 7.00. The van der Waals surface area contributed by atoms with Crippen LogP contribution in [-0.4, -0.2) is 29.0 Å².